The van der Waals surface area contributed by atoms with Gasteiger partial charge in [-0.3, -0.25) is 4.79 Å². The van der Waals surface area contributed by atoms with Crippen LogP contribution >= 0.6 is 27.5 Å². The third-order valence-corrected chi connectivity index (χ3v) is 6.67. The maximum atomic E-state index is 13.0. The summed E-state index contributed by atoms with van der Waals surface area (Å²) in [6.45, 7) is 4.24. The third kappa shape index (κ3) is 4.88. The van der Waals surface area contributed by atoms with Crippen LogP contribution in [0.2, 0.25) is 0 Å². The highest BCUT2D eigenvalue weighted by atomic mass is 79.9. The van der Waals surface area contributed by atoms with Gasteiger partial charge in [-0.1, -0.05) is 5.11 Å². The lowest BCUT2D eigenvalue weighted by Gasteiger charge is -2.32. The fourth-order valence-corrected chi connectivity index (χ4v) is 5.62. The standard InChI is InChI=1S/C22H21BrClF2N5O2/c1-11(2)31-19-10-14(29-30-27)9-16(19)17-7-12(8-18(23)20(17)31)21(32)28-13-3-5-15(6-4-13)33-22(24,25)26/h3-8,11,14,16,19H,9-10H2,1-2H3,(H,28,32). The Labute approximate surface area is 202 Å². The second kappa shape index (κ2) is 9.00. The zero-order valence-corrected chi connectivity index (χ0v) is 20.1. The molecule has 0 bridgehead atoms. The van der Waals surface area contributed by atoms with E-state index in [-0.39, 0.29) is 35.7 Å². The van der Waals surface area contributed by atoms with Gasteiger partial charge >= 0.3 is 5.57 Å². The average molecular weight is 541 g/mol. The van der Waals surface area contributed by atoms with Crippen LogP contribution < -0.4 is 15.0 Å². The quantitative estimate of drug-likeness (QED) is 0.185. The molecule has 2 aliphatic rings. The van der Waals surface area contributed by atoms with Gasteiger partial charge < -0.3 is 15.0 Å². The van der Waals surface area contributed by atoms with Crippen LogP contribution in [0, 0.1) is 0 Å². The van der Waals surface area contributed by atoms with Gasteiger partial charge in [-0.05, 0) is 90.1 Å². The number of halogens is 4. The molecule has 1 fully saturated rings. The van der Waals surface area contributed by atoms with E-state index in [2.05, 4.69) is 54.8 Å². The van der Waals surface area contributed by atoms with E-state index in [4.69, 9.17) is 17.1 Å². The van der Waals surface area contributed by atoms with Gasteiger partial charge in [0, 0.05) is 56.3 Å². The Kier molecular flexibility index (Phi) is 6.44. The minimum Gasteiger partial charge on any atom is -0.420 e. The third-order valence-electron chi connectivity index (χ3n) is 5.99. The fraction of sp³-hybridized carbons (Fsp3) is 0.409. The lowest BCUT2D eigenvalue weighted by atomic mass is 9.95. The molecule has 7 nitrogen and oxygen atoms in total. The van der Waals surface area contributed by atoms with Crippen molar-refractivity contribution in [3.63, 3.8) is 0 Å². The minimum absolute atomic E-state index is 0.0724. The van der Waals surface area contributed by atoms with Crippen molar-refractivity contribution in [2.75, 3.05) is 10.2 Å². The number of azide groups is 1. The van der Waals surface area contributed by atoms with Gasteiger partial charge in [0.25, 0.3) is 5.91 Å². The van der Waals surface area contributed by atoms with E-state index in [0.717, 1.165) is 28.6 Å². The number of alkyl halides is 3. The molecular weight excluding hydrogens is 520 g/mol. The Bertz CT molecular complexity index is 1120. The van der Waals surface area contributed by atoms with E-state index in [9.17, 15) is 13.6 Å². The smallest absolute Gasteiger partial charge is 0.420 e. The molecular formula is C22H21BrClF2N5O2. The van der Waals surface area contributed by atoms with Crippen molar-refractivity contribution in [3.8, 4) is 5.75 Å². The van der Waals surface area contributed by atoms with Crippen LogP contribution in [0.5, 0.6) is 5.75 Å². The molecule has 1 heterocycles. The normalized spacial score (nSPS) is 21.4. The van der Waals surface area contributed by atoms with E-state index in [1.807, 2.05) is 6.07 Å². The van der Waals surface area contributed by atoms with Crippen molar-refractivity contribution in [2.24, 2.45) is 5.11 Å². The van der Waals surface area contributed by atoms with Crippen molar-refractivity contribution >= 4 is 44.8 Å². The molecule has 1 aliphatic heterocycles. The molecule has 0 radical (unpaired) electrons. The van der Waals surface area contributed by atoms with Crippen molar-refractivity contribution in [1.29, 1.82) is 0 Å². The zero-order valence-electron chi connectivity index (χ0n) is 17.8. The van der Waals surface area contributed by atoms with Crippen LogP contribution in [-0.2, 0) is 0 Å². The first-order chi connectivity index (χ1) is 15.6. The Balaban J connectivity index is 1.59. The molecule has 0 aromatic heterocycles. The first kappa shape index (κ1) is 23.6. The van der Waals surface area contributed by atoms with E-state index in [1.54, 1.807) is 6.07 Å². The van der Waals surface area contributed by atoms with Crippen molar-refractivity contribution in [3.05, 3.63) is 62.4 Å². The number of fused-ring (bicyclic) bond motifs is 3. The van der Waals surface area contributed by atoms with Gasteiger partial charge in [0.2, 0.25) is 0 Å². The monoisotopic (exact) mass is 539 g/mol. The second-order valence-electron chi connectivity index (χ2n) is 8.43. The summed E-state index contributed by atoms with van der Waals surface area (Å²) in [5.41, 5.74) is 8.07. The predicted molar refractivity (Wildman–Crippen MR) is 126 cm³/mol. The number of benzene rings is 2. The van der Waals surface area contributed by atoms with Crippen LogP contribution in [0.25, 0.3) is 10.4 Å². The van der Waals surface area contributed by atoms with Gasteiger partial charge in [0.05, 0.1) is 5.69 Å². The number of nitrogens with zero attached hydrogens (tertiary/aromatic N) is 4. The fourth-order valence-electron chi connectivity index (χ4n) is 4.86. The molecule has 1 aliphatic carbocycles. The highest BCUT2D eigenvalue weighted by Crippen LogP contribution is 2.53. The molecule has 1 saturated carbocycles. The number of hydrogen-bond acceptors (Lipinski definition) is 4. The summed E-state index contributed by atoms with van der Waals surface area (Å²) in [7, 11) is 0. The summed E-state index contributed by atoms with van der Waals surface area (Å²) in [6.07, 6.45) is 1.50. The molecule has 0 saturated heterocycles. The van der Waals surface area contributed by atoms with Gasteiger partial charge in [0.1, 0.15) is 5.75 Å². The van der Waals surface area contributed by atoms with E-state index < -0.39 is 5.57 Å². The molecule has 11 heteroatoms. The van der Waals surface area contributed by atoms with E-state index in [1.165, 1.54) is 24.3 Å². The molecule has 174 valence electrons. The Morgan fingerprint density at radius 2 is 2.03 bits per heavy atom. The zero-order chi connectivity index (χ0) is 23.9. The Morgan fingerprint density at radius 3 is 2.64 bits per heavy atom. The minimum atomic E-state index is -3.80. The number of carbonyl (C=O) groups is 1. The number of rotatable bonds is 6. The van der Waals surface area contributed by atoms with Gasteiger partial charge in [-0.2, -0.15) is 0 Å². The van der Waals surface area contributed by atoms with Crippen LogP contribution in [0.4, 0.5) is 20.2 Å². The van der Waals surface area contributed by atoms with Crippen molar-refractivity contribution in [1.82, 2.24) is 0 Å². The molecule has 2 aromatic rings. The molecule has 1 amide bonds. The Morgan fingerprint density at radius 1 is 1.33 bits per heavy atom. The maximum absolute atomic E-state index is 13.0. The summed E-state index contributed by atoms with van der Waals surface area (Å²) in [5.74, 6) is -0.293. The number of nitrogens with one attached hydrogen (secondary N) is 1. The summed E-state index contributed by atoms with van der Waals surface area (Å²) in [4.78, 5) is 18.3. The molecule has 3 unspecified atom stereocenters. The summed E-state index contributed by atoms with van der Waals surface area (Å²) < 4.78 is 30.6. The SMILES string of the molecule is CC(C)N1c2c(Br)cc(C(=O)Nc3ccc(OC(F)(F)Cl)cc3)cc2C2CC(N=[N+]=[N-])CC21. The highest BCUT2D eigenvalue weighted by molar-refractivity contribution is 9.10. The molecule has 3 atom stereocenters. The van der Waals surface area contributed by atoms with E-state index in [0.29, 0.717) is 11.3 Å². The van der Waals surface area contributed by atoms with Crippen molar-refractivity contribution in [2.45, 2.75) is 56.3 Å². The second-order valence-corrected chi connectivity index (χ2v) is 9.72. The first-order valence-corrected chi connectivity index (χ1v) is 11.6. The lowest BCUT2D eigenvalue weighted by Crippen LogP contribution is -2.37. The maximum Gasteiger partial charge on any atom is 0.487 e. The van der Waals surface area contributed by atoms with E-state index >= 15 is 0 Å². The summed E-state index contributed by atoms with van der Waals surface area (Å²) in [6, 6.07) is 9.54. The highest BCUT2D eigenvalue weighted by Gasteiger charge is 2.47. The Hall–Kier alpha value is -2.55. The molecule has 2 aromatic carbocycles. The number of hydrogen-bond donors (Lipinski definition) is 1. The average Bonchev–Trinajstić information content (AvgIpc) is 3.25. The molecule has 33 heavy (non-hydrogen) atoms. The van der Waals surface area contributed by atoms with Crippen LogP contribution in [0.3, 0.4) is 0 Å². The largest absolute Gasteiger partial charge is 0.487 e. The number of ether oxygens (including phenoxy) is 1. The number of carbonyl (C=O) groups excluding carboxylic acids is 1. The number of amides is 1. The van der Waals surface area contributed by atoms with Crippen LogP contribution in [-0.4, -0.2) is 29.6 Å². The van der Waals surface area contributed by atoms with Crippen LogP contribution in [0.1, 0.15) is 48.5 Å². The van der Waals surface area contributed by atoms with Crippen molar-refractivity contribution < 1.29 is 18.3 Å². The lowest BCUT2D eigenvalue weighted by molar-refractivity contribution is -0.0964. The summed E-state index contributed by atoms with van der Waals surface area (Å²) >= 11 is 8.42. The predicted octanol–water partition coefficient (Wildman–Crippen LogP) is 7.02. The van der Waals surface area contributed by atoms with Gasteiger partial charge in [-0.25, -0.2) is 0 Å². The van der Waals surface area contributed by atoms with Crippen LogP contribution in [0.15, 0.2) is 46.0 Å². The first-order valence-electron chi connectivity index (χ1n) is 10.4. The van der Waals surface area contributed by atoms with Gasteiger partial charge in [0.15, 0.2) is 0 Å². The summed E-state index contributed by atoms with van der Waals surface area (Å²) in [5, 5.41) is 6.71. The molecule has 4 rings (SSSR count). The molecule has 0 spiro atoms. The number of anilines is 2. The molecule has 1 N–H and O–H groups in total. The van der Waals surface area contributed by atoms with Gasteiger partial charge in [-0.15, -0.1) is 8.78 Å². The topological polar surface area (TPSA) is 90.3 Å².